The maximum atomic E-state index is 11.5. The highest BCUT2D eigenvalue weighted by Crippen LogP contribution is 2.27. The predicted octanol–water partition coefficient (Wildman–Crippen LogP) is 2.51. The summed E-state index contributed by atoms with van der Waals surface area (Å²) >= 11 is 0. The third kappa shape index (κ3) is 2.93. The second kappa shape index (κ2) is 6.42. The first kappa shape index (κ1) is 14.4. The fraction of sp³-hybridized carbons (Fsp3) is 0.500. The summed E-state index contributed by atoms with van der Waals surface area (Å²) in [7, 11) is 0. The maximum absolute atomic E-state index is 11.5. The van der Waals surface area contributed by atoms with Gasteiger partial charge in [-0.05, 0) is 43.7 Å². The van der Waals surface area contributed by atoms with Crippen molar-refractivity contribution in [1.29, 1.82) is 0 Å². The number of rotatable bonds is 5. The topological polar surface area (TPSA) is 53.4 Å². The van der Waals surface area contributed by atoms with Crippen molar-refractivity contribution in [3.8, 4) is 12.3 Å². The SMILES string of the molecule is C#CCN(CCC)c1nc2c(cc1C(=O)O)CCCC2. The molecule has 0 aromatic carbocycles. The summed E-state index contributed by atoms with van der Waals surface area (Å²) in [6.07, 6.45) is 10.4. The molecule has 0 amide bonds. The number of pyridine rings is 1. The van der Waals surface area contributed by atoms with Gasteiger partial charge in [0.15, 0.2) is 0 Å². The number of aryl methyl sites for hydroxylation is 2. The lowest BCUT2D eigenvalue weighted by molar-refractivity contribution is 0.0697. The molecular weight excluding hydrogens is 252 g/mol. The number of aromatic nitrogens is 1. The number of aromatic carboxylic acids is 1. The molecule has 0 saturated heterocycles. The molecule has 1 aliphatic carbocycles. The quantitative estimate of drug-likeness (QED) is 0.837. The van der Waals surface area contributed by atoms with E-state index in [1.54, 1.807) is 6.07 Å². The van der Waals surface area contributed by atoms with Crippen LogP contribution in [0.2, 0.25) is 0 Å². The third-order valence-corrected chi connectivity index (χ3v) is 3.59. The largest absolute Gasteiger partial charge is 0.478 e. The molecular formula is C16H20N2O2. The van der Waals surface area contributed by atoms with Crippen LogP contribution >= 0.6 is 0 Å². The van der Waals surface area contributed by atoms with E-state index in [9.17, 15) is 9.90 Å². The van der Waals surface area contributed by atoms with Crippen LogP contribution in [0.3, 0.4) is 0 Å². The van der Waals surface area contributed by atoms with E-state index >= 15 is 0 Å². The number of fused-ring (bicyclic) bond motifs is 1. The van der Waals surface area contributed by atoms with Crippen molar-refractivity contribution in [2.24, 2.45) is 0 Å². The summed E-state index contributed by atoms with van der Waals surface area (Å²) in [5, 5.41) is 9.43. The molecule has 4 nitrogen and oxygen atoms in total. The number of carbonyl (C=O) groups is 1. The smallest absolute Gasteiger partial charge is 0.339 e. The van der Waals surface area contributed by atoms with E-state index in [1.807, 2.05) is 11.8 Å². The zero-order chi connectivity index (χ0) is 14.5. The average Bonchev–Trinajstić information content (AvgIpc) is 2.45. The van der Waals surface area contributed by atoms with Crippen LogP contribution in [0.5, 0.6) is 0 Å². The van der Waals surface area contributed by atoms with Crippen molar-refractivity contribution < 1.29 is 9.90 Å². The molecule has 0 bridgehead atoms. The van der Waals surface area contributed by atoms with Gasteiger partial charge in [-0.3, -0.25) is 0 Å². The van der Waals surface area contributed by atoms with Crippen molar-refractivity contribution in [3.63, 3.8) is 0 Å². The lowest BCUT2D eigenvalue weighted by Gasteiger charge is -2.25. The second-order valence-electron chi connectivity index (χ2n) is 5.10. The van der Waals surface area contributed by atoms with Crippen LogP contribution in [-0.2, 0) is 12.8 Å². The number of hydrogen-bond donors (Lipinski definition) is 1. The molecule has 0 aliphatic heterocycles. The van der Waals surface area contributed by atoms with Crippen LogP contribution in [-0.4, -0.2) is 29.1 Å². The summed E-state index contributed by atoms with van der Waals surface area (Å²) in [5.74, 6) is 2.18. The average molecular weight is 272 g/mol. The highest BCUT2D eigenvalue weighted by atomic mass is 16.4. The van der Waals surface area contributed by atoms with Gasteiger partial charge in [0, 0.05) is 12.2 Å². The summed E-state index contributed by atoms with van der Waals surface area (Å²) in [6.45, 7) is 3.15. The number of terminal acetylenes is 1. The number of anilines is 1. The molecule has 1 aromatic rings. The minimum absolute atomic E-state index is 0.273. The molecule has 0 spiro atoms. The van der Waals surface area contributed by atoms with Gasteiger partial charge < -0.3 is 10.0 Å². The van der Waals surface area contributed by atoms with E-state index in [2.05, 4.69) is 10.9 Å². The molecule has 0 radical (unpaired) electrons. The van der Waals surface area contributed by atoms with Crippen molar-refractivity contribution in [2.75, 3.05) is 18.0 Å². The molecule has 106 valence electrons. The lowest BCUT2D eigenvalue weighted by Crippen LogP contribution is -2.28. The maximum Gasteiger partial charge on any atom is 0.339 e. The van der Waals surface area contributed by atoms with Gasteiger partial charge in [0.05, 0.1) is 6.54 Å². The van der Waals surface area contributed by atoms with Crippen LogP contribution in [0.1, 0.15) is 47.8 Å². The van der Waals surface area contributed by atoms with Gasteiger partial charge in [0.1, 0.15) is 11.4 Å². The summed E-state index contributed by atoms with van der Waals surface area (Å²) < 4.78 is 0. The molecule has 1 N–H and O–H groups in total. The van der Waals surface area contributed by atoms with Gasteiger partial charge in [0.2, 0.25) is 0 Å². The molecule has 4 heteroatoms. The first-order valence-corrected chi connectivity index (χ1v) is 7.11. The minimum atomic E-state index is -0.931. The van der Waals surface area contributed by atoms with Crippen LogP contribution in [0.4, 0.5) is 5.82 Å². The number of carboxylic acid groups (broad SMARTS) is 1. The van der Waals surface area contributed by atoms with Crippen LogP contribution in [0, 0.1) is 12.3 Å². The Morgan fingerprint density at radius 2 is 2.25 bits per heavy atom. The zero-order valence-electron chi connectivity index (χ0n) is 11.9. The van der Waals surface area contributed by atoms with Gasteiger partial charge in [-0.15, -0.1) is 6.42 Å². The van der Waals surface area contributed by atoms with Crippen molar-refractivity contribution in [3.05, 3.63) is 22.9 Å². The Hall–Kier alpha value is -2.02. The van der Waals surface area contributed by atoms with E-state index in [-0.39, 0.29) is 5.56 Å². The second-order valence-corrected chi connectivity index (χ2v) is 5.10. The van der Waals surface area contributed by atoms with E-state index < -0.39 is 5.97 Å². The Morgan fingerprint density at radius 1 is 1.50 bits per heavy atom. The molecule has 0 unspecified atom stereocenters. The van der Waals surface area contributed by atoms with Crippen LogP contribution in [0.15, 0.2) is 6.07 Å². The fourth-order valence-electron chi connectivity index (χ4n) is 2.66. The van der Waals surface area contributed by atoms with Crippen molar-refractivity contribution in [1.82, 2.24) is 4.98 Å². The molecule has 20 heavy (non-hydrogen) atoms. The third-order valence-electron chi connectivity index (χ3n) is 3.59. The Balaban J connectivity index is 2.48. The van der Waals surface area contributed by atoms with E-state index in [0.717, 1.165) is 49.9 Å². The molecule has 1 heterocycles. The molecule has 1 aromatic heterocycles. The number of nitrogens with zero attached hydrogens (tertiary/aromatic N) is 2. The zero-order valence-corrected chi connectivity index (χ0v) is 11.9. The molecule has 0 atom stereocenters. The van der Waals surface area contributed by atoms with Gasteiger partial charge in [-0.2, -0.15) is 0 Å². The summed E-state index contributed by atoms with van der Waals surface area (Å²) in [6, 6.07) is 1.79. The molecule has 2 rings (SSSR count). The summed E-state index contributed by atoms with van der Waals surface area (Å²) in [4.78, 5) is 18.0. The first-order valence-electron chi connectivity index (χ1n) is 7.11. The Morgan fingerprint density at radius 3 is 2.90 bits per heavy atom. The first-order chi connectivity index (χ1) is 9.67. The highest BCUT2D eigenvalue weighted by molar-refractivity contribution is 5.93. The normalized spacial score (nSPS) is 13.4. The van der Waals surface area contributed by atoms with Crippen LogP contribution < -0.4 is 4.90 Å². The predicted molar refractivity (Wildman–Crippen MR) is 79.2 cm³/mol. The Labute approximate surface area is 119 Å². The van der Waals surface area contributed by atoms with E-state index in [1.165, 1.54) is 0 Å². The van der Waals surface area contributed by atoms with Crippen molar-refractivity contribution >= 4 is 11.8 Å². The van der Waals surface area contributed by atoms with Gasteiger partial charge in [0.25, 0.3) is 0 Å². The monoisotopic (exact) mass is 272 g/mol. The van der Waals surface area contributed by atoms with Crippen molar-refractivity contribution in [2.45, 2.75) is 39.0 Å². The highest BCUT2D eigenvalue weighted by Gasteiger charge is 2.21. The molecule has 0 fully saturated rings. The van der Waals surface area contributed by atoms with Crippen LogP contribution in [0.25, 0.3) is 0 Å². The minimum Gasteiger partial charge on any atom is -0.478 e. The van der Waals surface area contributed by atoms with E-state index in [0.29, 0.717) is 12.4 Å². The molecule has 1 aliphatic rings. The van der Waals surface area contributed by atoms with Gasteiger partial charge in [-0.25, -0.2) is 9.78 Å². The lowest BCUT2D eigenvalue weighted by atomic mass is 9.94. The number of hydrogen-bond acceptors (Lipinski definition) is 3. The Bertz CT molecular complexity index is 546. The summed E-state index contributed by atoms with van der Waals surface area (Å²) in [5.41, 5.74) is 2.39. The standard InChI is InChI=1S/C16H20N2O2/c1-3-9-18(10-4-2)15-13(16(19)20)11-12-7-5-6-8-14(12)17-15/h1,11H,4-10H2,2H3,(H,19,20). The van der Waals surface area contributed by atoms with Gasteiger partial charge in [-0.1, -0.05) is 12.8 Å². The fourth-order valence-corrected chi connectivity index (χ4v) is 2.66. The number of carboxylic acids is 1. The van der Waals surface area contributed by atoms with Gasteiger partial charge >= 0.3 is 5.97 Å². The van der Waals surface area contributed by atoms with E-state index in [4.69, 9.17) is 6.42 Å². The molecule has 0 saturated carbocycles. The Kier molecular flexibility index (Phi) is 4.62.